The molecule has 0 fully saturated rings. The van der Waals surface area contributed by atoms with E-state index in [1.165, 1.54) is 11.1 Å². The monoisotopic (exact) mass is 243 g/mol. The van der Waals surface area contributed by atoms with Gasteiger partial charge in [0.25, 0.3) is 0 Å². The molecule has 0 aliphatic heterocycles. The second kappa shape index (κ2) is 4.53. The number of hydrogen-bond acceptors (Lipinski definition) is 4. The van der Waals surface area contributed by atoms with Crippen molar-refractivity contribution in [2.75, 3.05) is 7.05 Å². The summed E-state index contributed by atoms with van der Waals surface area (Å²) in [5, 5.41) is 7.28. The van der Waals surface area contributed by atoms with Gasteiger partial charge in [-0.2, -0.15) is 4.98 Å². The third-order valence-corrected chi connectivity index (χ3v) is 3.62. The van der Waals surface area contributed by atoms with Crippen LogP contribution in [0, 0.1) is 0 Å². The Balaban J connectivity index is 1.76. The van der Waals surface area contributed by atoms with Gasteiger partial charge in [0.1, 0.15) is 0 Å². The van der Waals surface area contributed by atoms with E-state index in [0.29, 0.717) is 12.0 Å². The largest absolute Gasteiger partial charge is 0.339 e. The van der Waals surface area contributed by atoms with Crippen LogP contribution in [0.1, 0.15) is 35.7 Å². The molecule has 0 radical (unpaired) electrons. The molecule has 2 aromatic rings. The molecule has 1 aromatic carbocycles. The molecule has 4 nitrogen and oxygen atoms in total. The van der Waals surface area contributed by atoms with Crippen molar-refractivity contribution in [3.8, 4) is 0 Å². The summed E-state index contributed by atoms with van der Waals surface area (Å²) in [5.41, 5.74) is 2.74. The van der Waals surface area contributed by atoms with Crippen LogP contribution in [0.25, 0.3) is 0 Å². The molecule has 1 heterocycles. The molecule has 18 heavy (non-hydrogen) atoms. The second-order valence-electron chi connectivity index (χ2n) is 4.90. The third-order valence-electron chi connectivity index (χ3n) is 3.62. The second-order valence-corrected chi connectivity index (χ2v) is 4.90. The molecule has 0 saturated heterocycles. The molecule has 1 aliphatic rings. The highest BCUT2D eigenvalue weighted by Crippen LogP contribution is 2.38. The van der Waals surface area contributed by atoms with E-state index in [1.54, 1.807) is 0 Å². The Hall–Kier alpha value is -1.68. The molecular weight excluding hydrogens is 226 g/mol. The van der Waals surface area contributed by atoms with E-state index in [9.17, 15) is 0 Å². The Morgan fingerprint density at radius 2 is 2.28 bits per heavy atom. The number of nitrogens with one attached hydrogen (secondary N) is 1. The quantitative estimate of drug-likeness (QED) is 0.891. The van der Waals surface area contributed by atoms with Gasteiger partial charge in [-0.05, 0) is 31.5 Å². The van der Waals surface area contributed by atoms with E-state index >= 15 is 0 Å². The summed E-state index contributed by atoms with van der Waals surface area (Å²) in [5.74, 6) is 1.87. The zero-order valence-electron chi connectivity index (χ0n) is 10.7. The maximum absolute atomic E-state index is 5.31. The lowest BCUT2D eigenvalue weighted by atomic mass is 9.77. The fourth-order valence-corrected chi connectivity index (χ4v) is 2.35. The Kier molecular flexibility index (Phi) is 2.88. The fourth-order valence-electron chi connectivity index (χ4n) is 2.35. The fraction of sp³-hybridized carbons (Fsp3) is 0.429. The van der Waals surface area contributed by atoms with E-state index in [0.717, 1.165) is 24.6 Å². The highest BCUT2D eigenvalue weighted by Gasteiger charge is 2.30. The number of benzene rings is 1. The van der Waals surface area contributed by atoms with Crippen molar-refractivity contribution in [2.45, 2.75) is 31.7 Å². The summed E-state index contributed by atoms with van der Waals surface area (Å²) >= 11 is 0. The lowest BCUT2D eigenvalue weighted by molar-refractivity contribution is 0.358. The molecule has 0 bridgehead atoms. The highest BCUT2D eigenvalue weighted by atomic mass is 16.5. The zero-order valence-corrected chi connectivity index (χ0v) is 10.7. The molecule has 3 rings (SSSR count). The highest BCUT2D eigenvalue weighted by molar-refractivity contribution is 5.43. The van der Waals surface area contributed by atoms with Crippen LogP contribution in [0.4, 0.5) is 0 Å². The van der Waals surface area contributed by atoms with Crippen LogP contribution in [0.2, 0.25) is 0 Å². The van der Waals surface area contributed by atoms with Crippen molar-refractivity contribution in [1.29, 1.82) is 0 Å². The van der Waals surface area contributed by atoms with E-state index in [-0.39, 0.29) is 0 Å². The van der Waals surface area contributed by atoms with Gasteiger partial charge in [0.05, 0.1) is 5.92 Å². The van der Waals surface area contributed by atoms with Gasteiger partial charge in [0.2, 0.25) is 5.89 Å². The van der Waals surface area contributed by atoms with Crippen molar-refractivity contribution in [3.63, 3.8) is 0 Å². The van der Waals surface area contributed by atoms with Crippen LogP contribution < -0.4 is 5.32 Å². The molecule has 0 amide bonds. The van der Waals surface area contributed by atoms with E-state index in [2.05, 4.69) is 46.6 Å². The first-order valence-electron chi connectivity index (χ1n) is 6.35. The minimum Gasteiger partial charge on any atom is -0.339 e. The lowest BCUT2D eigenvalue weighted by Gasteiger charge is -2.27. The van der Waals surface area contributed by atoms with Gasteiger partial charge >= 0.3 is 0 Å². The predicted molar refractivity (Wildman–Crippen MR) is 68.5 cm³/mol. The van der Waals surface area contributed by atoms with Crippen LogP contribution in [-0.2, 0) is 12.8 Å². The summed E-state index contributed by atoms with van der Waals surface area (Å²) in [4.78, 5) is 4.50. The maximum Gasteiger partial charge on any atom is 0.228 e. The summed E-state index contributed by atoms with van der Waals surface area (Å²) in [6, 6.07) is 8.80. The van der Waals surface area contributed by atoms with Gasteiger partial charge in [0, 0.05) is 12.5 Å². The molecule has 4 heteroatoms. The minimum atomic E-state index is 0.323. The van der Waals surface area contributed by atoms with Crippen LogP contribution in [0.15, 0.2) is 28.8 Å². The molecule has 1 N–H and O–H groups in total. The number of fused-ring (bicyclic) bond motifs is 1. The summed E-state index contributed by atoms with van der Waals surface area (Å²) in [6.07, 6.45) is 1.80. The number of rotatable bonds is 4. The molecule has 0 saturated carbocycles. The Labute approximate surface area is 106 Å². The molecule has 94 valence electrons. The molecule has 1 aromatic heterocycles. The maximum atomic E-state index is 5.31. The molecular formula is C14H17N3O. The Bertz CT molecular complexity index is 549. The molecule has 2 atom stereocenters. The first-order chi connectivity index (χ1) is 8.78. The smallest absolute Gasteiger partial charge is 0.228 e. The summed E-state index contributed by atoms with van der Waals surface area (Å²) in [6.45, 7) is 2.10. The van der Waals surface area contributed by atoms with Gasteiger partial charge in [0.15, 0.2) is 5.82 Å². The van der Waals surface area contributed by atoms with Crippen molar-refractivity contribution in [3.05, 3.63) is 47.1 Å². The standard InChI is InChI=1S/C14H17N3O/c1-9(15-2)7-13-16-14(17-18-13)12-8-10-5-3-4-6-11(10)12/h3-6,9,12,15H,7-8H2,1-2H3. The number of hydrogen-bond donors (Lipinski definition) is 1. The van der Waals surface area contributed by atoms with Crippen molar-refractivity contribution < 1.29 is 4.52 Å². The third kappa shape index (κ3) is 1.93. The summed E-state index contributed by atoms with van der Waals surface area (Å²) < 4.78 is 5.31. The number of nitrogens with zero attached hydrogens (tertiary/aromatic N) is 2. The Morgan fingerprint density at radius 1 is 1.44 bits per heavy atom. The first kappa shape index (κ1) is 11.4. The van der Waals surface area contributed by atoms with Crippen LogP contribution >= 0.6 is 0 Å². The van der Waals surface area contributed by atoms with E-state index in [4.69, 9.17) is 4.52 Å². The minimum absolute atomic E-state index is 0.323. The normalized spacial score (nSPS) is 19.1. The Morgan fingerprint density at radius 3 is 3.06 bits per heavy atom. The van der Waals surface area contributed by atoms with Gasteiger partial charge in [-0.25, -0.2) is 0 Å². The zero-order chi connectivity index (χ0) is 12.5. The molecule has 1 aliphatic carbocycles. The van der Waals surface area contributed by atoms with Crippen molar-refractivity contribution in [2.24, 2.45) is 0 Å². The average molecular weight is 243 g/mol. The molecule has 0 spiro atoms. The van der Waals surface area contributed by atoms with Gasteiger partial charge in [-0.1, -0.05) is 29.4 Å². The SMILES string of the molecule is CNC(C)Cc1nc(C2Cc3ccccc32)no1. The number of aromatic nitrogens is 2. The van der Waals surface area contributed by atoms with Crippen molar-refractivity contribution >= 4 is 0 Å². The van der Waals surface area contributed by atoms with Crippen LogP contribution in [0.3, 0.4) is 0 Å². The van der Waals surface area contributed by atoms with E-state index < -0.39 is 0 Å². The number of likely N-dealkylation sites (N-methyl/N-ethyl adjacent to an activating group) is 1. The van der Waals surface area contributed by atoms with Crippen LogP contribution in [-0.4, -0.2) is 23.2 Å². The average Bonchev–Trinajstić information content (AvgIpc) is 2.79. The van der Waals surface area contributed by atoms with Gasteiger partial charge in [-0.3, -0.25) is 0 Å². The summed E-state index contributed by atoms with van der Waals surface area (Å²) in [7, 11) is 1.93. The lowest BCUT2D eigenvalue weighted by Crippen LogP contribution is -2.23. The topological polar surface area (TPSA) is 51.0 Å². The predicted octanol–water partition coefficient (Wildman–Crippen LogP) is 1.91. The van der Waals surface area contributed by atoms with E-state index in [1.807, 2.05) is 7.05 Å². The van der Waals surface area contributed by atoms with Gasteiger partial charge < -0.3 is 9.84 Å². The molecule has 2 unspecified atom stereocenters. The van der Waals surface area contributed by atoms with Crippen LogP contribution in [0.5, 0.6) is 0 Å². The van der Waals surface area contributed by atoms with Crippen molar-refractivity contribution in [1.82, 2.24) is 15.5 Å². The first-order valence-corrected chi connectivity index (χ1v) is 6.35. The van der Waals surface area contributed by atoms with Gasteiger partial charge in [-0.15, -0.1) is 0 Å².